The summed E-state index contributed by atoms with van der Waals surface area (Å²) >= 11 is 0. The van der Waals surface area contributed by atoms with Crippen LogP contribution in [-0.4, -0.2) is 17.4 Å². The first kappa shape index (κ1) is 11.8. The predicted molar refractivity (Wildman–Crippen MR) is 79.4 cm³/mol. The summed E-state index contributed by atoms with van der Waals surface area (Å²) in [7, 11) is 0. The summed E-state index contributed by atoms with van der Waals surface area (Å²) in [5.74, 6) is 0.871. The standard InChI is InChI=1S/C16H19N3O/c17-11-3-4-14-12(7-11)13(8-18-14)15(20)19-9-16(5-6-16)10-1-2-10/h3-4,7-8,10,18H,1-2,5-6,9,17H2,(H,19,20). The van der Waals surface area contributed by atoms with Crippen LogP contribution in [0.3, 0.4) is 0 Å². The first-order valence-electron chi connectivity index (χ1n) is 7.33. The van der Waals surface area contributed by atoms with Gasteiger partial charge in [0.15, 0.2) is 0 Å². The lowest BCUT2D eigenvalue weighted by Crippen LogP contribution is -2.31. The van der Waals surface area contributed by atoms with Crippen molar-refractivity contribution in [3.8, 4) is 0 Å². The van der Waals surface area contributed by atoms with Gasteiger partial charge in [0.25, 0.3) is 5.91 Å². The Labute approximate surface area is 117 Å². The quantitative estimate of drug-likeness (QED) is 0.747. The monoisotopic (exact) mass is 269 g/mol. The summed E-state index contributed by atoms with van der Waals surface area (Å²) in [6, 6.07) is 5.61. The molecule has 0 saturated heterocycles. The highest BCUT2D eigenvalue weighted by atomic mass is 16.1. The normalized spacial score (nSPS) is 20.0. The lowest BCUT2D eigenvalue weighted by atomic mass is 10.0. The maximum atomic E-state index is 12.4. The van der Waals surface area contributed by atoms with Crippen molar-refractivity contribution in [3.63, 3.8) is 0 Å². The molecular formula is C16H19N3O. The van der Waals surface area contributed by atoms with Crippen LogP contribution in [0.1, 0.15) is 36.0 Å². The Morgan fingerprint density at radius 1 is 1.40 bits per heavy atom. The second-order valence-electron chi connectivity index (χ2n) is 6.33. The average Bonchev–Trinajstić information content (AvgIpc) is 3.32. The Hall–Kier alpha value is -1.97. The average molecular weight is 269 g/mol. The first-order valence-corrected chi connectivity index (χ1v) is 7.33. The van der Waals surface area contributed by atoms with Gasteiger partial charge in [-0.1, -0.05) is 0 Å². The van der Waals surface area contributed by atoms with E-state index in [1.54, 1.807) is 6.20 Å². The summed E-state index contributed by atoms with van der Waals surface area (Å²) in [6.07, 6.45) is 7.02. The fraction of sp³-hybridized carbons (Fsp3) is 0.438. The Morgan fingerprint density at radius 3 is 2.90 bits per heavy atom. The third-order valence-electron chi connectivity index (χ3n) is 4.89. The maximum absolute atomic E-state index is 12.4. The molecule has 2 aliphatic carbocycles. The molecule has 2 fully saturated rings. The number of fused-ring (bicyclic) bond motifs is 1. The molecule has 0 spiro atoms. The Kier molecular flexibility index (Phi) is 2.37. The van der Waals surface area contributed by atoms with E-state index in [1.807, 2.05) is 18.2 Å². The van der Waals surface area contributed by atoms with Crippen LogP contribution in [0, 0.1) is 11.3 Å². The van der Waals surface area contributed by atoms with Gasteiger partial charge in [0.2, 0.25) is 0 Å². The van der Waals surface area contributed by atoms with Crippen LogP contribution in [0.2, 0.25) is 0 Å². The van der Waals surface area contributed by atoms with Crippen molar-refractivity contribution in [1.82, 2.24) is 10.3 Å². The molecule has 0 atom stereocenters. The van der Waals surface area contributed by atoms with Gasteiger partial charge in [0.05, 0.1) is 5.56 Å². The van der Waals surface area contributed by atoms with E-state index in [4.69, 9.17) is 5.73 Å². The summed E-state index contributed by atoms with van der Waals surface area (Å²) < 4.78 is 0. The molecule has 1 aromatic heterocycles. The number of anilines is 1. The highest BCUT2D eigenvalue weighted by molar-refractivity contribution is 6.07. The number of hydrogen-bond acceptors (Lipinski definition) is 2. The summed E-state index contributed by atoms with van der Waals surface area (Å²) in [5.41, 5.74) is 8.57. The number of nitrogen functional groups attached to an aromatic ring is 1. The minimum Gasteiger partial charge on any atom is -0.399 e. The van der Waals surface area contributed by atoms with Gasteiger partial charge in [-0.05, 0) is 55.2 Å². The molecule has 2 aliphatic rings. The largest absolute Gasteiger partial charge is 0.399 e. The Bertz CT molecular complexity index is 680. The molecule has 0 aliphatic heterocycles. The Balaban J connectivity index is 1.53. The van der Waals surface area contributed by atoms with Gasteiger partial charge < -0.3 is 16.0 Å². The number of benzene rings is 1. The first-order chi connectivity index (χ1) is 9.68. The number of hydrogen-bond donors (Lipinski definition) is 3. The minimum absolute atomic E-state index is 0.00813. The molecule has 2 aromatic rings. The fourth-order valence-electron chi connectivity index (χ4n) is 3.26. The van der Waals surface area contributed by atoms with Crippen LogP contribution in [-0.2, 0) is 0 Å². The number of H-pyrrole nitrogens is 1. The summed E-state index contributed by atoms with van der Waals surface area (Å²) in [6.45, 7) is 0.825. The molecule has 0 bridgehead atoms. The van der Waals surface area contributed by atoms with Crippen LogP contribution >= 0.6 is 0 Å². The maximum Gasteiger partial charge on any atom is 0.253 e. The lowest BCUT2D eigenvalue weighted by Gasteiger charge is -2.14. The highest BCUT2D eigenvalue weighted by Gasteiger charge is 2.53. The molecule has 4 heteroatoms. The molecule has 2 saturated carbocycles. The molecule has 4 rings (SSSR count). The van der Waals surface area contributed by atoms with Crippen LogP contribution in [0.25, 0.3) is 10.9 Å². The van der Waals surface area contributed by atoms with E-state index in [-0.39, 0.29) is 5.91 Å². The van der Waals surface area contributed by atoms with Crippen molar-refractivity contribution < 1.29 is 4.79 Å². The molecule has 0 radical (unpaired) electrons. The number of nitrogens with one attached hydrogen (secondary N) is 2. The number of carbonyl (C=O) groups is 1. The third-order valence-corrected chi connectivity index (χ3v) is 4.89. The lowest BCUT2D eigenvalue weighted by molar-refractivity contribution is 0.0944. The zero-order valence-electron chi connectivity index (χ0n) is 11.4. The predicted octanol–water partition coefficient (Wildman–Crippen LogP) is 2.67. The van der Waals surface area contributed by atoms with Crippen molar-refractivity contribution in [2.75, 3.05) is 12.3 Å². The highest BCUT2D eigenvalue weighted by Crippen LogP contribution is 2.60. The smallest absolute Gasteiger partial charge is 0.253 e. The van der Waals surface area contributed by atoms with Crippen LogP contribution in [0.5, 0.6) is 0 Å². The Morgan fingerprint density at radius 2 is 2.20 bits per heavy atom. The molecular weight excluding hydrogens is 250 g/mol. The number of aromatic amines is 1. The number of aromatic nitrogens is 1. The van der Waals surface area contributed by atoms with Gasteiger partial charge in [0.1, 0.15) is 0 Å². The molecule has 4 N–H and O–H groups in total. The van der Waals surface area contributed by atoms with Gasteiger partial charge in [-0.15, -0.1) is 0 Å². The molecule has 104 valence electrons. The van der Waals surface area contributed by atoms with E-state index in [2.05, 4.69) is 10.3 Å². The van der Waals surface area contributed by atoms with Crippen LogP contribution < -0.4 is 11.1 Å². The molecule has 0 unspecified atom stereocenters. The van der Waals surface area contributed by atoms with Crippen LogP contribution in [0.15, 0.2) is 24.4 Å². The molecule has 1 aromatic carbocycles. The van der Waals surface area contributed by atoms with E-state index < -0.39 is 0 Å². The molecule has 1 heterocycles. The number of amides is 1. The van der Waals surface area contributed by atoms with E-state index in [1.165, 1.54) is 25.7 Å². The second-order valence-corrected chi connectivity index (χ2v) is 6.33. The van der Waals surface area contributed by atoms with Gasteiger partial charge in [-0.3, -0.25) is 4.79 Å². The van der Waals surface area contributed by atoms with Gasteiger partial charge >= 0.3 is 0 Å². The fourth-order valence-corrected chi connectivity index (χ4v) is 3.26. The van der Waals surface area contributed by atoms with Crippen molar-refractivity contribution in [2.45, 2.75) is 25.7 Å². The van der Waals surface area contributed by atoms with Crippen molar-refractivity contribution in [3.05, 3.63) is 30.0 Å². The van der Waals surface area contributed by atoms with Crippen molar-refractivity contribution in [1.29, 1.82) is 0 Å². The van der Waals surface area contributed by atoms with E-state index in [0.717, 1.165) is 23.4 Å². The summed E-state index contributed by atoms with van der Waals surface area (Å²) in [5, 5.41) is 4.02. The topological polar surface area (TPSA) is 70.9 Å². The molecule has 1 amide bonds. The zero-order valence-corrected chi connectivity index (χ0v) is 11.4. The van der Waals surface area contributed by atoms with E-state index in [0.29, 0.717) is 16.7 Å². The minimum atomic E-state index is 0.00813. The number of nitrogens with two attached hydrogens (primary N) is 1. The van der Waals surface area contributed by atoms with Gasteiger partial charge in [-0.25, -0.2) is 0 Å². The van der Waals surface area contributed by atoms with Crippen molar-refractivity contribution >= 4 is 22.5 Å². The van der Waals surface area contributed by atoms with E-state index in [9.17, 15) is 4.79 Å². The summed E-state index contributed by atoms with van der Waals surface area (Å²) in [4.78, 5) is 15.5. The molecule has 20 heavy (non-hydrogen) atoms. The van der Waals surface area contributed by atoms with Gasteiger partial charge in [-0.2, -0.15) is 0 Å². The second kappa shape index (κ2) is 4.01. The number of rotatable bonds is 4. The SMILES string of the molecule is Nc1ccc2[nH]cc(C(=O)NCC3(C4CC4)CC3)c2c1. The zero-order chi connectivity index (χ0) is 13.7. The van der Waals surface area contributed by atoms with Gasteiger partial charge in [0, 0.05) is 29.3 Å². The van der Waals surface area contributed by atoms with Crippen molar-refractivity contribution in [2.24, 2.45) is 11.3 Å². The molecule has 4 nitrogen and oxygen atoms in total. The van der Waals surface area contributed by atoms with Crippen LogP contribution in [0.4, 0.5) is 5.69 Å². The number of carbonyl (C=O) groups excluding carboxylic acids is 1. The van der Waals surface area contributed by atoms with E-state index >= 15 is 0 Å². The third kappa shape index (κ3) is 1.87.